The normalized spacial score (nSPS) is 11.3. The molecule has 16 heavy (non-hydrogen) atoms. The molecule has 0 bridgehead atoms. The van der Waals surface area contributed by atoms with Crippen LogP contribution in [-0.2, 0) is 0 Å². The molecule has 0 unspecified atom stereocenters. The summed E-state index contributed by atoms with van der Waals surface area (Å²) in [6.07, 6.45) is -5.12. The number of hydrogen-bond acceptors (Lipinski definition) is 3. The van der Waals surface area contributed by atoms with Crippen LogP contribution in [0.5, 0.6) is 5.75 Å². The number of alkyl halides is 3. The summed E-state index contributed by atoms with van der Waals surface area (Å²) in [5.41, 5.74) is -1.15. The zero-order valence-electron chi connectivity index (χ0n) is 7.22. The van der Waals surface area contributed by atoms with Gasteiger partial charge < -0.3 is 4.74 Å². The first kappa shape index (κ1) is 12.5. The van der Waals surface area contributed by atoms with E-state index in [4.69, 9.17) is 11.6 Å². The van der Waals surface area contributed by atoms with E-state index in [0.717, 1.165) is 0 Å². The van der Waals surface area contributed by atoms with E-state index in [1.807, 2.05) is 0 Å². The number of benzene rings is 1. The number of nitro groups is 1. The highest BCUT2D eigenvalue weighted by molar-refractivity contribution is 6.31. The lowest BCUT2D eigenvalue weighted by molar-refractivity contribution is -0.388. The largest absolute Gasteiger partial charge is 0.573 e. The second kappa shape index (κ2) is 4.12. The van der Waals surface area contributed by atoms with Crippen molar-refractivity contribution in [2.45, 2.75) is 6.36 Å². The number of rotatable bonds is 2. The van der Waals surface area contributed by atoms with Gasteiger partial charge in [0.2, 0.25) is 5.75 Å². The zero-order chi connectivity index (χ0) is 12.5. The molecule has 0 radical (unpaired) electrons. The lowest BCUT2D eigenvalue weighted by atomic mass is 10.3. The molecule has 0 saturated carbocycles. The van der Waals surface area contributed by atoms with Crippen molar-refractivity contribution in [2.24, 2.45) is 0 Å². The first-order valence-electron chi connectivity index (χ1n) is 3.60. The Kier molecular flexibility index (Phi) is 3.22. The fraction of sp³-hybridized carbons (Fsp3) is 0.143. The summed E-state index contributed by atoms with van der Waals surface area (Å²) in [5, 5.41) is 9.62. The minimum atomic E-state index is -5.12. The predicted molar refractivity (Wildman–Crippen MR) is 44.7 cm³/mol. The lowest BCUT2D eigenvalue weighted by Crippen LogP contribution is -2.18. The number of hydrogen-bond donors (Lipinski definition) is 0. The summed E-state index contributed by atoms with van der Waals surface area (Å²) < 4.78 is 51.6. The van der Waals surface area contributed by atoms with Crippen LogP contribution in [0.2, 0.25) is 5.02 Å². The maximum Gasteiger partial charge on any atom is 0.573 e. The molecule has 9 heteroatoms. The van der Waals surface area contributed by atoms with Gasteiger partial charge in [-0.3, -0.25) is 10.1 Å². The molecule has 0 aromatic heterocycles. The number of halogens is 5. The Hall–Kier alpha value is -1.57. The van der Waals surface area contributed by atoms with Gasteiger partial charge in [-0.15, -0.1) is 13.2 Å². The molecular weight excluding hydrogens is 258 g/mol. The molecule has 1 aromatic carbocycles. The summed E-state index contributed by atoms with van der Waals surface area (Å²) >= 11 is 5.17. The first-order valence-corrected chi connectivity index (χ1v) is 3.97. The fourth-order valence-electron chi connectivity index (χ4n) is 0.867. The molecule has 0 aliphatic rings. The topological polar surface area (TPSA) is 52.4 Å². The molecule has 0 spiro atoms. The summed E-state index contributed by atoms with van der Waals surface area (Å²) in [4.78, 5) is 9.11. The van der Waals surface area contributed by atoms with E-state index in [1.165, 1.54) is 0 Å². The van der Waals surface area contributed by atoms with Gasteiger partial charge in [0.1, 0.15) is 5.82 Å². The number of nitro benzene ring substituents is 1. The van der Waals surface area contributed by atoms with E-state index in [9.17, 15) is 27.7 Å². The molecule has 4 nitrogen and oxygen atoms in total. The average Bonchev–Trinajstić information content (AvgIpc) is 2.07. The van der Waals surface area contributed by atoms with E-state index >= 15 is 0 Å². The highest BCUT2D eigenvalue weighted by atomic mass is 35.5. The Balaban J connectivity index is 3.25. The molecule has 1 rings (SSSR count). The van der Waals surface area contributed by atoms with Gasteiger partial charge in [0.15, 0.2) is 0 Å². The molecule has 0 amide bonds. The Morgan fingerprint density at radius 2 is 1.94 bits per heavy atom. The smallest absolute Gasteiger partial charge is 0.398 e. The van der Waals surface area contributed by atoms with Crippen LogP contribution in [0.15, 0.2) is 12.1 Å². The number of ether oxygens (including phenoxy) is 1. The van der Waals surface area contributed by atoms with Crippen LogP contribution in [-0.4, -0.2) is 11.3 Å². The average molecular weight is 260 g/mol. The highest BCUT2D eigenvalue weighted by Crippen LogP contribution is 2.35. The van der Waals surface area contributed by atoms with Gasteiger partial charge >= 0.3 is 12.0 Å². The third kappa shape index (κ3) is 2.96. The van der Waals surface area contributed by atoms with E-state index in [1.54, 1.807) is 0 Å². The molecule has 0 heterocycles. The van der Waals surface area contributed by atoms with Crippen molar-refractivity contribution in [1.29, 1.82) is 0 Å². The van der Waals surface area contributed by atoms with Gasteiger partial charge in [-0.05, 0) is 0 Å². The maximum atomic E-state index is 12.8. The first-order chi connectivity index (χ1) is 7.20. The molecule has 0 aliphatic heterocycles. The van der Waals surface area contributed by atoms with Gasteiger partial charge in [-0.2, -0.15) is 0 Å². The molecule has 0 aliphatic carbocycles. The monoisotopic (exact) mass is 259 g/mol. The maximum absolute atomic E-state index is 12.8. The Labute approximate surface area is 90.5 Å². The SMILES string of the molecule is O=[N+]([O-])c1cc(F)c(Cl)cc1OC(F)(F)F. The van der Waals surface area contributed by atoms with E-state index < -0.39 is 33.6 Å². The molecule has 0 fully saturated rings. The van der Waals surface area contributed by atoms with E-state index in [2.05, 4.69) is 4.74 Å². The molecular formula is C7H2ClF4NO3. The van der Waals surface area contributed by atoms with Crippen LogP contribution >= 0.6 is 11.6 Å². The zero-order valence-corrected chi connectivity index (χ0v) is 7.97. The van der Waals surface area contributed by atoms with Gasteiger partial charge in [0.25, 0.3) is 0 Å². The van der Waals surface area contributed by atoms with Crippen LogP contribution in [0.25, 0.3) is 0 Å². The number of nitrogens with zero attached hydrogens (tertiary/aromatic N) is 1. The lowest BCUT2D eigenvalue weighted by Gasteiger charge is -2.09. The second-order valence-corrected chi connectivity index (χ2v) is 2.95. The van der Waals surface area contributed by atoms with Gasteiger partial charge in [-0.25, -0.2) is 4.39 Å². The Bertz CT molecular complexity index is 434. The van der Waals surface area contributed by atoms with Crippen molar-refractivity contribution < 1.29 is 27.2 Å². The van der Waals surface area contributed by atoms with Crippen LogP contribution in [0.3, 0.4) is 0 Å². The summed E-state index contributed by atoms with van der Waals surface area (Å²) in [7, 11) is 0. The van der Waals surface area contributed by atoms with E-state index in [0.29, 0.717) is 6.07 Å². The Morgan fingerprint density at radius 1 is 1.38 bits per heavy atom. The quantitative estimate of drug-likeness (QED) is 0.465. The van der Waals surface area contributed by atoms with Crippen molar-refractivity contribution in [3.63, 3.8) is 0 Å². The summed E-state index contributed by atoms with van der Waals surface area (Å²) in [6, 6.07) is 0.645. The van der Waals surface area contributed by atoms with Gasteiger partial charge in [0.05, 0.1) is 16.0 Å². The highest BCUT2D eigenvalue weighted by Gasteiger charge is 2.35. The third-order valence-electron chi connectivity index (χ3n) is 1.42. The van der Waals surface area contributed by atoms with Gasteiger partial charge in [-0.1, -0.05) is 11.6 Å². The predicted octanol–water partition coefficient (Wildman–Crippen LogP) is 3.29. The minimum absolute atomic E-state index is 0.253. The Morgan fingerprint density at radius 3 is 2.38 bits per heavy atom. The van der Waals surface area contributed by atoms with Crippen molar-refractivity contribution in [2.75, 3.05) is 0 Å². The molecule has 0 N–H and O–H groups in total. The molecule has 1 aromatic rings. The van der Waals surface area contributed by atoms with Crippen molar-refractivity contribution in [3.05, 3.63) is 33.1 Å². The van der Waals surface area contributed by atoms with E-state index in [-0.39, 0.29) is 6.07 Å². The third-order valence-corrected chi connectivity index (χ3v) is 1.71. The van der Waals surface area contributed by atoms with Gasteiger partial charge in [0, 0.05) is 6.07 Å². The molecule has 0 atom stereocenters. The van der Waals surface area contributed by atoms with Crippen LogP contribution in [0.1, 0.15) is 0 Å². The second-order valence-electron chi connectivity index (χ2n) is 2.54. The van der Waals surface area contributed by atoms with Crippen molar-refractivity contribution >= 4 is 17.3 Å². The minimum Gasteiger partial charge on any atom is -0.398 e. The van der Waals surface area contributed by atoms with Crippen LogP contribution in [0, 0.1) is 15.9 Å². The van der Waals surface area contributed by atoms with Crippen LogP contribution < -0.4 is 4.74 Å². The summed E-state index contributed by atoms with van der Waals surface area (Å²) in [5.74, 6) is -2.37. The standard InChI is InChI=1S/C7H2ClF4NO3/c8-3-1-6(16-7(10,11)12)5(13(14)15)2-4(3)9/h1-2H. The van der Waals surface area contributed by atoms with Crippen molar-refractivity contribution in [1.82, 2.24) is 0 Å². The molecule has 88 valence electrons. The molecule has 0 saturated heterocycles. The summed E-state index contributed by atoms with van der Waals surface area (Å²) in [6.45, 7) is 0. The fourth-order valence-corrected chi connectivity index (χ4v) is 1.02. The van der Waals surface area contributed by atoms with Crippen molar-refractivity contribution in [3.8, 4) is 5.75 Å². The van der Waals surface area contributed by atoms with Crippen LogP contribution in [0.4, 0.5) is 23.2 Å².